The van der Waals surface area contributed by atoms with Gasteiger partial charge in [-0.25, -0.2) is 4.39 Å². The summed E-state index contributed by atoms with van der Waals surface area (Å²) in [6.07, 6.45) is 0.0224. The maximum atomic E-state index is 14.3. The lowest BCUT2D eigenvalue weighted by Gasteiger charge is -2.43. The second kappa shape index (κ2) is 10.5. The fraction of sp³-hybridized carbons (Fsp3) is 0.417. The molecule has 176 valence electrons. The van der Waals surface area contributed by atoms with Crippen LogP contribution in [0.3, 0.4) is 0 Å². The van der Waals surface area contributed by atoms with Crippen LogP contribution in [0.15, 0.2) is 48.5 Å². The van der Waals surface area contributed by atoms with Crippen molar-refractivity contribution in [3.8, 4) is 5.75 Å². The number of amides is 2. The van der Waals surface area contributed by atoms with Crippen LogP contribution >= 0.6 is 11.6 Å². The summed E-state index contributed by atoms with van der Waals surface area (Å²) in [5.74, 6) is -0.600. The molecule has 2 aromatic rings. The first-order valence-electron chi connectivity index (χ1n) is 10.9. The van der Waals surface area contributed by atoms with Crippen LogP contribution < -0.4 is 4.74 Å². The van der Waals surface area contributed by atoms with Crippen molar-refractivity contribution in [2.45, 2.75) is 12.0 Å². The Hall–Kier alpha value is -2.68. The van der Waals surface area contributed by atoms with Gasteiger partial charge in [-0.15, -0.1) is 0 Å². The molecule has 0 saturated carbocycles. The molecule has 0 aromatic heterocycles. The van der Waals surface area contributed by atoms with Crippen LogP contribution in [0, 0.1) is 5.82 Å². The van der Waals surface area contributed by atoms with E-state index >= 15 is 0 Å². The molecule has 4 rings (SSSR count). The molecular weight excluding hydrogens is 451 g/mol. The first kappa shape index (κ1) is 23.5. The molecule has 9 heteroatoms. The summed E-state index contributed by atoms with van der Waals surface area (Å²) in [6.45, 7) is 2.59. The second-order valence-electron chi connectivity index (χ2n) is 8.15. The van der Waals surface area contributed by atoms with Crippen molar-refractivity contribution in [3.05, 3.63) is 64.9 Å². The van der Waals surface area contributed by atoms with Crippen molar-refractivity contribution in [1.29, 1.82) is 0 Å². The Kier molecular flexibility index (Phi) is 7.47. The fourth-order valence-electron chi connectivity index (χ4n) is 4.04. The van der Waals surface area contributed by atoms with Crippen molar-refractivity contribution >= 4 is 23.4 Å². The Morgan fingerprint density at radius 3 is 2.55 bits per heavy atom. The van der Waals surface area contributed by atoms with E-state index in [4.69, 9.17) is 25.8 Å². The van der Waals surface area contributed by atoms with Crippen LogP contribution in [0.25, 0.3) is 0 Å². The Bertz CT molecular complexity index is 1000. The average molecular weight is 477 g/mol. The molecule has 0 radical (unpaired) electrons. The van der Waals surface area contributed by atoms with Crippen molar-refractivity contribution in [2.75, 3.05) is 52.6 Å². The number of halogens is 2. The SMILES string of the molecule is O=C(C[C@@]1(COc2cccc(Cl)c2)CN(C(=O)c2ccccc2F)CCO1)N1CCOCC1. The number of carbonyl (C=O) groups is 2. The molecule has 2 aliphatic rings. The van der Waals surface area contributed by atoms with Crippen molar-refractivity contribution in [1.82, 2.24) is 9.80 Å². The average Bonchev–Trinajstić information content (AvgIpc) is 2.83. The third-order valence-electron chi connectivity index (χ3n) is 5.78. The van der Waals surface area contributed by atoms with Crippen LogP contribution in [0.5, 0.6) is 5.75 Å². The van der Waals surface area contributed by atoms with Gasteiger partial charge in [0.2, 0.25) is 5.91 Å². The highest BCUT2D eigenvalue weighted by atomic mass is 35.5. The quantitative estimate of drug-likeness (QED) is 0.641. The summed E-state index contributed by atoms with van der Waals surface area (Å²) >= 11 is 6.06. The first-order chi connectivity index (χ1) is 16.0. The Labute approximate surface area is 197 Å². The number of morpholine rings is 2. The van der Waals surface area contributed by atoms with E-state index in [0.29, 0.717) is 37.1 Å². The zero-order valence-corrected chi connectivity index (χ0v) is 18.9. The fourth-order valence-corrected chi connectivity index (χ4v) is 4.22. The van der Waals surface area contributed by atoms with Gasteiger partial charge in [0, 0.05) is 24.7 Å². The molecule has 33 heavy (non-hydrogen) atoms. The third kappa shape index (κ3) is 5.82. The zero-order chi connectivity index (χ0) is 23.3. The number of carbonyl (C=O) groups excluding carboxylic acids is 2. The molecule has 2 fully saturated rings. The van der Waals surface area contributed by atoms with Gasteiger partial charge in [0.1, 0.15) is 23.8 Å². The number of hydrogen-bond acceptors (Lipinski definition) is 5. The maximum absolute atomic E-state index is 14.3. The van der Waals surface area contributed by atoms with Gasteiger partial charge in [0.25, 0.3) is 5.91 Å². The highest BCUT2D eigenvalue weighted by molar-refractivity contribution is 6.30. The minimum absolute atomic E-state index is 0.0106. The summed E-state index contributed by atoms with van der Waals surface area (Å²) in [4.78, 5) is 29.4. The van der Waals surface area contributed by atoms with Crippen LogP contribution in [0.1, 0.15) is 16.8 Å². The van der Waals surface area contributed by atoms with Crippen molar-refractivity contribution in [2.24, 2.45) is 0 Å². The predicted octanol–water partition coefficient (Wildman–Crippen LogP) is 3.02. The Morgan fingerprint density at radius 1 is 1.03 bits per heavy atom. The summed E-state index contributed by atoms with van der Waals surface area (Å²) in [7, 11) is 0. The normalized spacial score (nSPS) is 21.0. The highest BCUT2D eigenvalue weighted by Gasteiger charge is 2.43. The molecule has 2 saturated heterocycles. The van der Waals surface area contributed by atoms with E-state index in [0.717, 1.165) is 0 Å². The van der Waals surface area contributed by atoms with E-state index in [2.05, 4.69) is 0 Å². The van der Waals surface area contributed by atoms with Gasteiger partial charge in [-0.1, -0.05) is 29.8 Å². The monoisotopic (exact) mass is 476 g/mol. The van der Waals surface area contributed by atoms with Crippen LogP contribution in [-0.2, 0) is 14.3 Å². The van der Waals surface area contributed by atoms with Gasteiger partial charge >= 0.3 is 0 Å². The molecule has 0 aliphatic carbocycles. The number of rotatable bonds is 6. The zero-order valence-electron chi connectivity index (χ0n) is 18.2. The van der Waals surface area contributed by atoms with Gasteiger partial charge in [-0.3, -0.25) is 9.59 Å². The molecule has 0 bridgehead atoms. The molecule has 0 spiro atoms. The summed E-state index contributed by atoms with van der Waals surface area (Å²) < 4.78 is 31.7. The molecule has 2 aliphatic heterocycles. The largest absolute Gasteiger partial charge is 0.490 e. The minimum Gasteiger partial charge on any atom is -0.490 e. The standard InChI is InChI=1S/C24H26ClFN2O5/c25-18-4-3-5-19(14-18)32-17-24(15-22(29)27-8-11-31-12-9-27)16-28(10-13-33-24)23(30)20-6-1-2-7-21(20)26/h1-7,14H,8-13,15-17H2/t24-/m0/s1. The lowest BCUT2D eigenvalue weighted by molar-refractivity contribution is -0.155. The van der Waals surface area contributed by atoms with Gasteiger partial charge < -0.3 is 24.0 Å². The van der Waals surface area contributed by atoms with E-state index in [1.807, 2.05) is 0 Å². The van der Waals surface area contributed by atoms with E-state index < -0.39 is 17.3 Å². The Balaban J connectivity index is 1.54. The van der Waals surface area contributed by atoms with Gasteiger partial charge in [-0.2, -0.15) is 0 Å². The van der Waals surface area contributed by atoms with E-state index in [1.165, 1.54) is 23.1 Å². The number of benzene rings is 2. The summed E-state index contributed by atoms with van der Waals surface area (Å²) in [5.41, 5.74) is -1.10. The molecule has 0 N–H and O–H groups in total. The highest BCUT2D eigenvalue weighted by Crippen LogP contribution is 2.27. The van der Waals surface area contributed by atoms with E-state index in [9.17, 15) is 14.0 Å². The molecule has 2 amide bonds. The molecule has 2 heterocycles. The van der Waals surface area contributed by atoms with Gasteiger partial charge in [0.15, 0.2) is 0 Å². The summed E-state index contributed by atoms with van der Waals surface area (Å²) in [6, 6.07) is 12.8. The van der Waals surface area contributed by atoms with Crippen LogP contribution in [0.2, 0.25) is 5.02 Å². The van der Waals surface area contributed by atoms with Crippen molar-refractivity contribution < 1.29 is 28.2 Å². The van der Waals surface area contributed by atoms with E-state index in [1.54, 1.807) is 35.2 Å². The topological polar surface area (TPSA) is 68.3 Å². The van der Waals surface area contributed by atoms with Gasteiger partial charge in [-0.05, 0) is 30.3 Å². The molecular formula is C24H26ClFN2O5. The molecule has 0 unspecified atom stereocenters. The number of nitrogens with zero attached hydrogens (tertiary/aromatic N) is 2. The minimum atomic E-state index is -1.09. The molecule has 2 aromatic carbocycles. The molecule has 1 atom stereocenters. The molecule has 7 nitrogen and oxygen atoms in total. The van der Waals surface area contributed by atoms with Gasteiger partial charge in [0.05, 0.1) is 38.3 Å². The second-order valence-corrected chi connectivity index (χ2v) is 8.59. The van der Waals surface area contributed by atoms with E-state index in [-0.39, 0.29) is 44.2 Å². The Morgan fingerprint density at radius 2 is 1.79 bits per heavy atom. The van der Waals surface area contributed by atoms with Crippen LogP contribution in [-0.4, -0.2) is 79.8 Å². The smallest absolute Gasteiger partial charge is 0.257 e. The predicted molar refractivity (Wildman–Crippen MR) is 120 cm³/mol. The van der Waals surface area contributed by atoms with Crippen molar-refractivity contribution in [3.63, 3.8) is 0 Å². The summed E-state index contributed by atoms with van der Waals surface area (Å²) in [5, 5.41) is 0.520. The maximum Gasteiger partial charge on any atom is 0.257 e. The lowest BCUT2D eigenvalue weighted by Crippen LogP contribution is -2.58. The lowest BCUT2D eigenvalue weighted by atomic mass is 9.96. The number of ether oxygens (including phenoxy) is 3. The first-order valence-corrected chi connectivity index (χ1v) is 11.3. The van der Waals surface area contributed by atoms with Crippen LogP contribution in [0.4, 0.5) is 4.39 Å². The number of hydrogen-bond donors (Lipinski definition) is 0. The third-order valence-corrected chi connectivity index (χ3v) is 6.01.